The summed E-state index contributed by atoms with van der Waals surface area (Å²) in [5.74, 6) is 0.814. The Balaban J connectivity index is 1.97. The number of hydrogen-bond donors (Lipinski definition) is 1. The maximum atomic E-state index is 6.76. The van der Waals surface area contributed by atoms with Gasteiger partial charge in [-0.15, -0.1) is 0 Å². The second-order valence-electron chi connectivity index (χ2n) is 6.63. The molecule has 2 aliphatic rings. The quantitative estimate of drug-likeness (QED) is 0.775. The Bertz CT molecular complexity index is 248. The second kappa shape index (κ2) is 7.64. The maximum absolute atomic E-state index is 6.76. The highest BCUT2D eigenvalue weighted by Crippen LogP contribution is 2.37. The monoisotopic (exact) mass is 267 g/mol. The van der Waals surface area contributed by atoms with E-state index in [0.717, 1.165) is 19.0 Å². The van der Waals surface area contributed by atoms with Crippen molar-refractivity contribution >= 4 is 0 Å². The van der Waals surface area contributed by atoms with E-state index in [1.165, 1.54) is 64.2 Å². The first kappa shape index (κ1) is 15.3. The van der Waals surface area contributed by atoms with Crippen molar-refractivity contribution in [2.75, 3.05) is 13.1 Å². The van der Waals surface area contributed by atoms with Gasteiger partial charge in [-0.05, 0) is 38.1 Å². The van der Waals surface area contributed by atoms with Crippen LogP contribution in [0, 0.1) is 5.92 Å². The lowest BCUT2D eigenvalue weighted by molar-refractivity contribution is -0.140. The van der Waals surface area contributed by atoms with Gasteiger partial charge in [-0.25, -0.2) is 0 Å². The van der Waals surface area contributed by atoms with Crippen molar-refractivity contribution in [2.45, 2.75) is 89.8 Å². The van der Waals surface area contributed by atoms with Crippen LogP contribution < -0.4 is 5.32 Å². The molecule has 2 unspecified atom stereocenters. The Morgan fingerprint density at radius 2 is 1.74 bits per heavy atom. The lowest BCUT2D eigenvalue weighted by Crippen LogP contribution is -2.48. The normalized spacial score (nSPS) is 31.3. The molecule has 2 atom stereocenters. The standard InChI is InChI=1S/C17H33NO/c1-3-15-10-6-7-11-16(15)19-17(14-18-4-2)12-8-5-9-13-17/h15-16,18H,3-14H2,1-2H3. The molecule has 0 aromatic rings. The number of hydrogen-bond acceptors (Lipinski definition) is 2. The van der Waals surface area contributed by atoms with Crippen LogP contribution in [0.3, 0.4) is 0 Å². The Kier molecular flexibility index (Phi) is 6.15. The van der Waals surface area contributed by atoms with Crippen LogP contribution in [0.25, 0.3) is 0 Å². The highest BCUT2D eigenvalue weighted by atomic mass is 16.5. The molecule has 19 heavy (non-hydrogen) atoms. The molecule has 2 heteroatoms. The van der Waals surface area contributed by atoms with Gasteiger partial charge in [0.25, 0.3) is 0 Å². The van der Waals surface area contributed by atoms with E-state index in [1.54, 1.807) is 0 Å². The van der Waals surface area contributed by atoms with Crippen LogP contribution in [-0.4, -0.2) is 24.8 Å². The molecule has 2 nitrogen and oxygen atoms in total. The molecule has 0 bridgehead atoms. The fourth-order valence-electron chi connectivity index (χ4n) is 4.00. The van der Waals surface area contributed by atoms with Gasteiger partial charge < -0.3 is 10.1 Å². The number of likely N-dealkylation sites (N-methyl/N-ethyl adjacent to an activating group) is 1. The molecule has 0 spiro atoms. The Labute approximate surface area is 119 Å². The zero-order valence-electron chi connectivity index (χ0n) is 13.0. The molecule has 2 saturated carbocycles. The zero-order valence-corrected chi connectivity index (χ0v) is 13.0. The minimum atomic E-state index is 0.156. The molecule has 112 valence electrons. The first-order valence-corrected chi connectivity index (χ1v) is 8.68. The van der Waals surface area contributed by atoms with E-state index in [2.05, 4.69) is 19.2 Å². The zero-order chi connectivity index (χ0) is 13.6. The second-order valence-corrected chi connectivity index (χ2v) is 6.63. The minimum absolute atomic E-state index is 0.156. The van der Waals surface area contributed by atoms with E-state index in [9.17, 15) is 0 Å². The molecular weight excluding hydrogens is 234 g/mol. The maximum Gasteiger partial charge on any atom is 0.0810 e. The van der Waals surface area contributed by atoms with Gasteiger partial charge in [0.2, 0.25) is 0 Å². The average molecular weight is 267 g/mol. The third-order valence-electron chi connectivity index (χ3n) is 5.23. The van der Waals surface area contributed by atoms with Crippen LogP contribution in [0.4, 0.5) is 0 Å². The lowest BCUT2D eigenvalue weighted by Gasteiger charge is -2.43. The molecule has 0 heterocycles. The van der Waals surface area contributed by atoms with Gasteiger partial charge in [0, 0.05) is 6.54 Å². The highest BCUT2D eigenvalue weighted by molar-refractivity contribution is 4.89. The van der Waals surface area contributed by atoms with Crippen molar-refractivity contribution in [2.24, 2.45) is 5.92 Å². The Morgan fingerprint density at radius 3 is 2.42 bits per heavy atom. The van der Waals surface area contributed by atoms with Gasteiger partial charge in [-0.1, -0.05) is 52.4 Å². The topological polar surface area (TPSA) is 21.3 Å². The minimum Gasteiger partial charge on any atom is -0.370 e. The molecule has 1 N–H and O–H groups in total. The van der Waals surface area contributed by atoms with Crippen LogP contribution in [0.1, 0.15) is 78.1 Å². The largest absolute Gasteiger partial charge is 0.370 e. The molecule has 2 aliphatic carbocycles. The molecule has 2 fully saturated rings. The highest BCUT2D eigenvalue weighted by Gasteiger charge is 2.37. The molecule has 0 aliphatic heterocycles. The van der Waals surface area contributed by atoms with E-state index < -0.39 is 0 Å². The van der Waals surface area contributed by atoms with Gasteiger partial charge >= 0.3 is 0 Å². The van der Waals surface area contributed by atoms with Crippen LogP contribution in [0.15, 0.2) is 0 Å². The van der Waals surface area contributed by atoms with Crippen molar-refractivity contribution in [1.82, 2.24) is 5.32 Å². The predicted octanol–water partition coefficient (Wildman–Crippen LogP) is 4.28. The fourth-order valence-corrected chi connectivity index (χ4v) is 4.00. The summed E-state index contributed by atoms with van der Waals surface area (Å²) in [7, 11) is 0. The third kappa shape index (κ3) is 4.19. The molecule has 0 saturated heterocycles. The van der Waals surface area contributed by atoms with Crippen LogP contribution in [0.2, 0.25) is 0 Å². The summed E-state index contributed by atoms with van der Waals surface area (Å²) in [6.45, 7) is 6.67. The molecule has 0 aromatic heterocycles. The summed E-state index contributed by atoms with van der Waals surface area (Å²) in [5.41, 5.74) is 0.156. The molecular formula is C17H33NO. The van der Waals surface area contributed by atoms with Gasteiger partial charge in [0.1, 0.15) is 0 Å². The Morgan fingerprint density at radius 1 is 1.00 bits per heavy atom. The van der Waals surface area contributed by atoms with Crippen LogP contribution in [-0.2, 0) is 4.74 Å². The smallest absolute Gasteiger partial charge is 0.0810 e. The van der Waals surface area contributed by atoms with E-state index in [1.807, 2.05) is 0 Å². The summed E-state index contributed by atoms with van der Waals surface area (Å²) >= 11 is 0. The summed E-state index contributed by atoms with van der Waals surface area (Å²) < 4.78 is 6.76. The molecule has 0 radical (unpaired) electrons. The number of rotatable bonds is 6. The first-order valence-electron chi connectivity index (χ1n) is 8.68. The third-order valence-corrected chi connectivity index (χ3v) is 5.23. The van der Waals surface area contributed by atoms with Gasteiger partial charge in [0.05, 0.1) is 11.7 Å². The average Bonchev–Trinajstić information content (AvgIpc) is 2.47. The van der Waals surface area contributed by atoms with E-state index in [0.29, 0.717) is 6.10 Å². The molecule has 0 aromatic carbocycles. The lowest BCUT2D eigenvalue weighted by atomic mass is 9.81. The van der Waals surface area contributed by atoms with Gasteiger partial charge in [-0.2, -0.15) is 0 Å². The van der Waals surface area contributed by atoms with Crippen molar-refractivity contribution in [3.05, 3.63) is 0 Å². The first-order chi connectivity index (χ1) is 9.29. The molecule has 2 rings (SSSR count). The molecule has 0 amide bonds. The van der Waals surface area contributed by atoms with Crippen molar-refractivity contribution in [3.63, 3.8) is 0 Å². The van der Waals surface area contributed by atoms with Crippen molar-refractivity contribution in [1.29, 1.82) is 0 Å². The van der Waals surface area contributed by atoms with E-state index in [4.69, 9.17) is 4.74 Å². The van der Waals surface area contributed by atoms with E-state index >= 15 is 0 Å². The Hall–Kier alpha value is -0.0800. The van der Waals surface area contributed by atoms with E-state index in [-0.39, 0.29) is 5.60 Å². The summed E-state index contributed by atoms with van der Waals surface area (Å²) in [6, 6.07) is 0. The van der Waals surface area contributed by atoms with Gasteiger partial charge in [-0.3, -0.25) is 0 Å². The van der Waals surface area contributed by atoms with Crippen molar-refractivity contribution in [3.8, 4) is 0 Å². The summed E-state index contributed by atoms with van der Waals surface area (Å²) in [5, 5.41) is 3.56. The summed E-state index contributed by atoms with van der Waals surface area (Å²) in [6.07, 6.45) is 14.0. The fraction of sp³-hybridized carbons (Fsp3) is 1.00. The van der Waals surface area contributed by atoms with Crippen LogP contribution >= 0.6 is 0 Å². The predicted molar refractivity (Wildman–Crippen MR) is 81.5 cm³/mol. The van der Waals surface area contributed by atoms with Crippen LogP contribution in [0.5, 0.6) is 0 Å². The SMILES string of the molecule is CCNCC1(OC2CCCCC2CC)CCCCC1. The number of ether oxygens (including phenoxy) is 1. The number of nitrogens with one attached hydrogen (secondary N) is 1. The van der Waals surface area contributed by atoms with Gasteiger partial charge in [0.15, 0.2) is 0 Å². The summed E-state index contributed by atoms with van der Waals surface area (Å²) in [4.78, 5) is 0. The van der Waals surface area contributed by atoms with Crippen molar-refractivity contribution < 1.29 is 4.74 Å².